The molecule has 0 unspecified atom stereocenters. The van der Waals surface area contributed by atoms with Gasteiger partial charge < -0.3 is 33.2 Å². The normalized spacial score (nSPS) is 20.2. The van der Waals surface area contributed by atoms with Crippen LogP contribution in [0.1, 0.15) is 27.8 Å². The van der Waals surface area contributed by atoms with E-state index in [1.807, 2.05) is 146 Å². The lowest BCUT2D eigenvalue weighted by molar-refractivity contribution is -0.323. The molecule has 0 amide bonds. The van der Waals surface area contributed by atoms with Crippen molar-refractivity contribution in [1.82, 2.24) is 0 Å². The molecule has 5 aromatic rings. The summed E-state index contributed by atoms with van der Waals surface area (Å²) < 4.78 is 44.1. The molecule has 0 aromatic heterocycles. The summed E-state index contributed by atoms with van der Waals surface area (Å²) in [7, 11) is 1.62. The average molecular weight is 675 g/mol. The van der Waals surface area contributed by atoms with Crippen LogP contribution >= 0.6 is 0 Å². The van der Waals surface area contributed by atoms with E-state index >= 15 is 0 Å². The van der Waals surface area contributed by atoms with E-state index in [4.69, 9.17) is 33.2 Å². The summed E-state index contributed by atoms with van der Waals surface area (Å²) in [5, 5.41) is 0. The van der Waals surface area contributed by atoms with Gasteiger partial charge in [0.25, 0.3) is 0 Å². The predicted molar refractivity (Wildman–Crippen MR) is 188 cm³/mol. The largest absolute Gasteiger partial charge is 0.497 e. The third-order valence-corrected chi connectivity index (χ3v) is 8.38. The lowest BCUT2D eigenvalue weighted by Crippen LogP contribution is -2.62. The zero-order valence-corrected chi connectivity index (χ0v) is 28.0. The Bertz CT molecular complexity index is 1700. The van der Waals surface area contributed by atoms with Crippen LogP contribution in [-0.4, -0.2) is 43.8 Å². The molecule has 1 aliphatic rings. The first-order chi connectivity index (χ1) is 24.7. The molecule has 0 radical (unpaired) electrons. The molecule has 50 heavy (non-hydrogen) atoms. The highest BCUT2D eigenvalue weighted by molar-refractivity contribution is 5.76. The molecule has 0 spiro atoms. The predicted octanol–water partition coefficient (Wildman–Crippen LogP) is 7.44. The van der Waals surface area contributed by atoms with Gasteiger partial charge in [-0.2, -0.15) is 0 Å². The quantitative estimate of drug-likeness (QED) is 0.100. The van der Waals surface area contributed by atoms with Gasteiger partial charge in [-0.3, -0.25) is 0 Å². The molecule has 1 fully saturated rings. The van der Waals surface area contributed by atoms with Crippen LogP contribution in [0.3, 0.4) is 0 Å². The highest BCUT2D eigenvalue weighted by Crippen LogP contribution is 2.32. The van der Waals surface area contributed by atoms with Gasteiger partial charge in [0.1, 0.15) is 30.7 Å². The first kappa shape index (κ1) is 35.0. The summed E-state index contributed by atoms with van der Waals surface area (Å²) in [6.07, 6.45) is -4.66. The van der Waals surface area contributed by atoms with Gasteiger partial charge in [0.05, 0.1) is 33.5 Å². The molecule has 1 aliphatic heterocycles. The van der Waals surface area contributed by atoms with E-state index in [1.54, 1.807) is 7.11 Å². The SMILES string of the molecule is COc1ccc(CO[C@@H]2[C@H](OCc3ccccc3)[C@@H](OCc3ccccc3)[C@H](OCc3ccccc3)O[C@@H]2C(=O)OCc2ccccc2)cc1. The Morgan fingerprint density at radius 2 is 0.880 bits per heavy atom. The van der Waals surface area contributed by atoms with Gasteiger partial charge in [-0.15, -0.1) is 0 Å². The Morgan fingerprint density at radius 1 is 0.480 bits per heavy atom. The average Bonchev–Trinajstić information content (AvgIpc) is 3.18. The highest BCUT2D eigenvalue weighted by atomic mass is 16.7. The maximum Gasteiger partial charge on any atom is 0.338 e. The molecule has 258 valence electrons. The minimum absolute atomic E-state index is 0.0732. The number of carbonyl (C=O) groups is 1. The lowest BCUT2D eigenvalue weighted by Gasteiger charge is -2.45. The third kappa shape index (κ3) is 9.88. The molecule has 0 bridgehead atoms. The zero-order chi connectivity index (χ0) is 34.4. The number of hydrogen-bond donors (Lipinski definition) is 0. The van der Waals surface area contributed by atoms with E-state index in [0.29, 0.717) is 0 Å². The minimum Gasteiger partial charge on any atom is -0.497 e. The summed E-state index contributed by atoms with van der Waals surface area (Å²) in [6, 6.07) is 46.6. The van der Waals surface area contributed by atoms with Crippen LogP contribution in [0.15, 0.2) is 146 Å². The fraction of sp³-hybridized carbons (Fsp3) is 0.262. The molecule has 8 heteroatoms. The van der Waals surface area contributed by atoms with E-state index in [0.717, 1.165) is 33.6 Å². The van der Waals surface area contributed by atoms with Crippen LogP contribution < -0.4 is 4.74 Å². The van der Waals surface area contributed by atoms with E-state index < -0.39 is 36.7 Å². The Kier molecular flexibility index (Phi) is 12.8. The number of carbonyl (C=O) groups excluding carboxylic acids is 1. The van der Waals surface area contributed by atoms with Gasteiger partial charge in [0.15, 0.2) is 12.4 Å². The molecule has 1 saturated heterocycles. The van der Waals surface area contributed by atoms with Crippen molar-refractivity contribution < 1.29 is 38.0 Å². The van der Waals surface area contributed by atoms with Crippen LogP contribution in [0.2, 0.25) is 0 Å². The number of rotatable bonds is 16. The second-order valence-corrected chi connectivity index (χ2v) is 12.0. The van der Waals surface area contributed by atoms with Gasteiger partial charge in [-0.25, -0.2) is 4.79 Å². The minimum atomic E-state index is -1.19. The highest BCUT2D eigenvalue weighted by Gasteiger charge is 2.52. The molecule has 5 atom stereocenters. The van der Waals surface area contributed by atoms with E-state index in [1.165, 1.54) is 0 Å². The number of benzene rings is 5. The van der Waals surface area contributed by atoms with Crippen molar-refractivity contribution in [2.45, 2.75) is 63.7 Å². The zero-order valence-electron chi connectivity index (χ0n) is 28.0. The molecular weight excluding hydrogens is 632 g/mol. The Hall–Kier alpha value is -4.83. The second kappa shape index (κ2) is 18.2. The molecule has 8 nitrogen and oxygen atoms in total. The topological polar surface area (TPSA) is 81.7 Å². The van der Waals surface area contributed by atoms with Gasteiger partial charge in [0.2, 0.25) is 0 Å². The smallest absolute Gasteiger partial charge is 0.338 e. The molecule has 0 aliphatic carbocycles. The monoisotopic (exact) mass is 674 g/mol. The molecule has 6 rings (SSSR count). The summed E-state index contributed by atoms with van der Waals surface area (Å²) in [6.45, 7) is 0.984. The van der Waals surface area contributed by atoms with Crippen LogP contribution in [0, 0.1) is 0 Å². The van der Waals surface area contributed by atoms with Crippen molar-refractivity contribution in [3.05, 3.63) is 173 Å². The molecular formula is C42H42O8. The van der Waals surface area contributed by atoms with Gasteiger partial charge in [-0.05, 0) is 39.9 Å². The Balaban J connectivity index is 1.33. The summed E-state index contributed by atoms with van der Waals surface area (Å²) in [5.41, 5.74) is 4.61. The number of methoxy groups -OCH3 is 1. The van der Waals surface area contributed by atoms with Crippen molar-refractivity contribution in [2.75, 3.05) is 7.11 Å². The van der Waals surface area contributed by atoms with Crippen molar-refractivity contribution in [2.24, 2.45) is 0 Å². The first-order valence-corrected chi connectivity index (χ1v) is 16.7. The molecule has 0 N–H and O–H groups in total. The summed E-state index contributed by atoms with van der Waals surface area (Å²) in [4.78, 5) is 14.0. The maximum absolute atomic E-state index is 14.0. The van der Waals surface area contributed by atoms with Crippen LogP contribution in [0.5, 0.6) is 5.75 Å². The van der Waals surface area contributed by atoms with Gasteiger partial charge in [0, 0.05) is 0 Å². The standard InChI is InChI=1S/C42H42O8/c1-44-36-24-22-35(23-25-36)28-45-37-38(46-26-31-14-6-2-7-15-31)40(47-27-32-16-8-3-9-17-32)42(49-30-34-20-12-5-13-21-34)50-39(37)41(43)48-29-33-18-10-4-11-19-33/h2-25,37-40,42H,26-30H2,1H3/t37-,38+,39+,40-,42-/m1/s1. The van der Waals surface area contributed by atoms with Crippen molar-refractivity contribution in [3.63, 3.8) is 0 Å². The number of ether oxygens (including phenoxy) is 7. The second-order valence-electron chi connectivity index (χ2n) is 12.0. The van der Waals surface area contributed by atoms with Crippen LogP contribution in [-0.2, 0) is 66.3 Å². The lowest BCUT2D eigenvalue weighted by atomic mass is 9.97. The first-order valence-electron chi connectivity index (χ1n) is 16.7. The summed E-state index contributed by atoms with van der Waals surface area (Å²) >= 11 is 0. The summed E-state index contributed by atoms with van der Waals surface area (Å²) in [5.74, 6) is 0.144. The van der Waals surface area contributed by atoms with Gasteiger partial charge in [-0.1, -0.05) is 133 Å². The fourth-order valence-electron chi connectivity index (χ4n) is 5.69. The van der Waals surface area contributed by atoms with Crippen molar-refractivity contribution in [3.8, 4) is 5.75 Å². The Labute approximate surface area is 293 Å². The van der Waals surface area contributed by atoms with Gasteiger partial charge >= 0.3 is 5.97 Å². The van der Waals surface area contributed by atoms with Crippen molar-refractivity contribution in [1.29, 1.82) is 0 Å². The van der Waals surface area contributed by atoms with Crippen LogP contribution in [0.25, 0.3) is 0 Å². The number of esters is 1. The fourth-order valence-corrected chi connectivity index (χ4v) is 5.69. The Morgan fingerprint density at radius 3 is 1.36 bits per heavy atom. The van der Waals surface area contributed by atoms with Crippen LogP contribution in [0.4, 0.5) is 0 Å². The molecule has 5 aromatic carbocycles. The van der Waals surface area contributed by atoms with E-state index in [-0.39, 0.29) is 33.0 Å². The maximum atomic E-state index is 14.0. The van der Waals surface area contributed by atoms with E-state index in [2.05, 4.69) is 0 Å². The third-order valence-electron chi connectivity index (χ3n) is 8.38. The van der Waals surface area contributed by atoms with E-state index in [9.17, 15) is 4.79 Å². The number of hydrogen-bond acceptors (Lipinski definition) is 8. The van der Waals surface area contributed by atoms with Crippen molar-refractivity contribution >= 4 is 5.97 Å². The molecule has 1 heterocycles. The molecule has 0 saturated carbocycles.